The highest BCUT2D eigenvalue weighted by Crippen LogP contribution is 2.14. The maximum Gasteiger partial charge on any atom is 0.240 e. The number of amides is 2. The second-order valence-electron chi connectivity index (χ2n) is 5.06. The summed E-state index contributed by atoms with van der Waals surface area (Å²) >= 11 is 1.24. The maximum absolute atomic E-state index is 11.9. The van der Waals surface area contributed by atoms with Crippen LogP contribution in [-0.4, -0.2) is 33.6 Å². The quantitative estimate of drug-likeness (QED) is 0.582. The molecule has 1 rings (SSSR count). The number of hydrogen-bond acceptors (Lipinski definition) is 5. The zero-order valence-electron chi connectivity index (χ0n) is 12.8. The highest BCUT2D eigenvalue weighted by molar-refractivity contribution is 7.99. The summed E-state index contributed by atoms with van der Waals surface area (Å²) in [5, 5.41) is 3.23. The van der Waals surface area contributed by atoms with Crippen LogP contribution in [0.4, 0.5) is 0 Å². The molecule has 0 saturated carbocycles. The van der Waals surface area contributed by atoms with Crippen molar-refractivity contribution in [1.29, 1.82) is 0 Å². The third-order valence-electron chi connectivity index (χ3n) is 3.13. The molecule has 1 heterocycles. The van der Waals surface area contributed by atoms with Crippen LogP contribution >= 0.6 is 11.8 Å². The first-order chi connectivity index (χ1) is 9.83. The molecule has 0 aliphatic carbocycles. The predicted molar refractivity (Wildman–Crippen MR) is 82.8 cm³/mol. The van der Waals surface area contributed by atoms with Crippen LogP contribution in [0.15, 0.2) is 11.2 Å². The van der Waals surface area contributed by atoms with E-state index in [4.69, 9.17) is 5.73 Å². The van der Waals surface area contributed by atoms with Crippen molar-refractivity contribution in [2.75, 3.05) is 5.75 Å². The van der Waals surface area contributed by atoms with E-state index in [1.165, 1.54) is 11.8 Å². The van der Waals surface area contributed by atoms with Gasteiger partial charge in [-0.3, -0.25) is 9.59 Å². The normalized spacial score (nSPS) is 13.5. The fraction of sp³-hybridized carbons (Fsp3) is 0.571. The minimum absolute atomic E-state index is 0.00825. The molecule has 0 aromatic carbocycles. The molecule has 21 heavy (non-hydrogen) atoms. The van der Waals surface area contributed by atoms with E-state index in [0.29, 0.717) is 5.16 Å². The van der Waals surface area contributed by atoms with Crippen LogP contribution in [0.2, 0.25) is 0 Å². The molecule has 0 spiro atoms. The fourth-order valence-corrected chi connectivity index (χ4v) is 2.59. The van der Waals surface area contributed by atoms with Crippen molar-refractivity contribution in [2.45, 2.75) is 45.3 Å². The van der Waals surface area contributed by atoms with Crippen LogP contribution in [-0.2, 0) is 9.59 Å². The van der Waals surface area contributed by atoms with Crippen LogP contribution < -0.4 is 11.1 Å². The Hall–Kier alpha value is -1.63. The Labute approximate surface area is 129 Å². The van der Waals surface area contributed by atoms with E-state index in [1.807, 2.05) is 33.8 Å². The van der Waals surface area contributed by atoms with E-state index in [0.717, 1.165) is 17.8 Å². The molecule has 0 aliphatic rings. The van der Waals surface area contributed by atoms with Crippen molar-refractivity contribution in [3.63, 3.8) is 0 Å². The van der Waals surface area contributed by atoms with E-state index in [-0.39, 0.29) is 17.6 Å². The summed E-state index contributed by atoms with van der Waals surface area (Å²) in [5.74, 6) is -0.588. The highest BCUT2D eigenvalue weighted by atomic mass is 32.2. The number of rotatable bonds is 7. The molecule has 2 atom stereocenters. The largest absolute Gasteiger partial charge is 0.368 e. The lowest BCUT2D eigenvalue weighted by Gasteiger charge is -2.20. The van der Waals surface area contributed by atoms with E-state index >= 15 is 0 Å². The third-order valence-corrected chi connectivity index (χ3v) is 3.98. The topological polar surface area (TPSA) is 98.0 Å². The van der Waals surface area contributed by atoms with Crippen LogP contribution in [0.3, 0.4) is 0 Å². The number of carbonyl (C=O) groups is 2. The first kappa shape index (κ1) is 17.4. The molecule has 0 aliphatic heterocycles. The first-order valence-corrected chi connectivity index (χ1v) is 7.85. The smallest absolute Gasteiger partial charge is 0.240 e. The van der Waals surface area contributed by atoms with Gasteiger partial charge in [0.05, 0.1) is 5.75 Å². The van der Waals surface area contributed by atoms with Gasteiger partial charge in [0.25, 0.3) is 0 Å². The minimum Gasteiger partial charge on any atom is -0.368 e. The zero-order chi connectivity index (χ0) is 16.0. The van der Waals surface area contributed by atoms with Gasteiger partial charge in [0, 0.05) is 11.4 Å². The standard InChI is InChI=1S/C14H22N4O2S/c1-5-8(2)12(13(15)20)18-11(19)7-21-14-16-9(3)6-10(4)17-14/h6,8,12H,5,7H2,1-4H3,(H2,15,20)(H,18,19). The van der Waals surface area contributed by atoms with Crippen LogP contribution in [0.1, 0.15) is 31.7 Å². The number of thioether (sulfide) groups is 1. The van der Waals surface area contributed by atoms with Gasteiger partial charge in [-0.2, -0.15) is 0 Å². The number of aryl methyl sites for hydroxylation is 2. The Morgan fingerprint density at radius 2 is 1.90 bits per heavy atom. The number of nitrogens with two attached hydrogens (primary N) is 1. The van der Waals surface area contributed by atoms with Crippen molar-refractivity contribution in [3.8, 4) is 0 Å². The van der Waals surface area contributed by atoms with Gasteiger partial charge in [-0.1, -0.05) is 32.0 Å². The van der Waals surface area contributed by atoms with Crippen molar-refractivity contribution in [3.05, 3.63) is 17.5 Å². The van der Waals surface area contributed by atoms with Gasteiger partial charge < -0.3 is 11.1 Å². The highest BCUT2D eigenvalue weighted by Gasteiger charge is 2.23. The Kier molecular flexibility index (Phi) is 6.61. The summed E-state index contributed by atoms with van der Waals surface area (Å²) in [6.07, 6.45) is 0.765. The number of hydrogen-bond donors (Lipinski definition) is 2. The summed E-state index contributed by atoms with van der Waals surface area (Å²) in [4.78, 5) is 31.8. The lowest BCUT2D eigenvalue weighted by atomic mass is 9.99. The lowest BCUT2D eigenvalue weighted by molar-refractivity contribution is -0.127. The summed E-state index contributed by atoms with van der Waals surface area (Å²) in [6.45, 7) is 7.59. The number of aromatic nitrogens is 2. The summed E-state index contributed by atoms with van der Waals surface area (Å²) in [5.41, 5.74) is 7.05. The minimum atomic E-state index is -0.636. The maximum atomic E-state index is 11.9. The number of carbonyl (C=O) groups excluding carboxylic acids is 2. The second-order valence-corrected chi connectivity index (χ2v) is 6.00. The van der Waals surface area contributed by atoms with E-state index < -0.39 is 11.9 Å². The summed E-state index contributed by atoms with van der Waals surface area (Å²) in [6, 6.07) is 1.24. The molecule has 3 N–H and O–H groups in total. The Balaban J connectivity index is 2.58. The zero-order valence-corrected chi connectivity index (χ0v) is 13.7. The average molecular weight is 310 g/mol. The lowest BCUT2D eigenvalue weighted by Crippen LogP contribution is -2.48. The van der Waals surface area contributed by atoms with Gasteiger partial charge in [0.15, 0.2) is 5.16 Å². The molecule has 116 valence electrons. The molecular weight excluding hydrogens is 288 g/mol. The van der Waals surface area contributed by atoms with Crippen molar-refractivity contribution in [1.82, 2.24) is 15.3 Å². The molecule has 0 fully saturated rings. The Morgan fingerprint density at radius 3 is 2.38 bits per heavy atom. The third kappa shape index (κ3) is 5.71. The van der Waals surface area contributed by atoms with Crippen LogP contribution in [0.5, 0.6) is 0 Å². The van der Waals surface area contributed by atoms with Crippen molar-refractivity contribution < 1.29 is 9.59 Å². The molecule has 1 aromatic rings. The SMILES string of the molecule is CCC(C)C(NC(=O)CSc1nc(C)cc(C)n1)C(N)=O. The van der Waals surface area contributed by atoms with E-state index in [1.54, 1.807) is 0 Å². The molecule has 2 amide bonds. The number of nitrogens with one attached hydrogen (secondary N) is 1. The Morgan fingerprint density at radius 1 is 1.33 bits per heavy atom. The van der Waals surface area contributed by atoms with Gasteiger partial charge in [0.2, 0.25) is 11.8 Å². The fourth-order valence-electron chi connectivity index (χ4n) is 1.83. The van der Waals surface area contributed by atoms with Gasteiger partial charge in [-0.25, -0.2) is 9.97 Å². The predicted octanol–water partition coefficient (Wildman–Crippen LogP) is 1.20. The van der Waals surface area contributed by atoms with Gasteiger partial charge in [-0.15, -0.1) is 0 Å². The Bertz CT molecular complexity index is 501. The number of nitrogens with zero attached hydrogens (tertiary/aromatic N) is 2. The number of primary amides is 1. The van der Waals surface area contributed by atoms with E-state index in [2.05, 4.69) is 15.3 Å². The van der Waals surface area contributed by atoms with Crippen LogP contribution in [0.25, 0.3) is 0 Å². The molecule has 1 aromatic heterocycles. The molecule has 0 bridgehead atoms. The molecular formula is C14H22N4O2S. The summed E-state index contributed by atoms with van der Waals surface area (Å²) in [7, 11) is 0. The molecule has 0 saturated heterocycles. The first-order valence-electron chi connectivity index (χ1n) is 6.87. The monoisotopic (exact) mass is 310 g/mol. The van der Waals surface area contributed by atoms with Crippen molar-refractivity contribution >= 4 is 23.6 Å². The van der Waals surface area contributed by atoms with Crippen molar-refractivity contribution in [2.24, 2.45) is 11.7 Å². The van der Waals surface area contributed by atoms with Gasteiger partial charge >= 0.3 is 0 Å². The molecule has 0 radical (unpaired) electrons. The molecule has 2 unspecified atom stereocenters. The molecule has 7 heteroatoms. The summed E-state index contributed by atoms with van der Waals surface area (Å²) < 4.78 is 0. The molecule has 6 nitrogen and oxygen atoms in total. The average Bonchev–Trinajstić information content (AvgIpc) is 2.40. The van der Waals surface area contributed by atoms with Gasteiger partial charge in [0.1, 0.15) is 6.04 Å². The van der Waals surface area contributed by atoms with Gasteiger partial charge in [-0.05, 0) is 25.8 Å². The van der Waals surface area contributed by atoms with E-state index in [9.17, 15) is 9.59 Å². The second kappa shape index (κ2) is 7.97. The van der Waals surface area contributed by atoms with Crippen LogP contribution in [0, 0.1) is 19.8 Å².